The Morgan fingerprint density at radius 1 is 1.29 bits per heavy atom. The molecule has 1 aromatic carbocycles. The van der Waals surface area contributed by atoms with Gasteiger partial charge in [0.1, 0.15) is 0 Å². The minimum Gasteiger partial charge on any atom is -0.481 e. The zero-order valence-electron chi connectivity index (χ0n) is 12.0. The van der Waals surface area contributed by atoms with Crippen molar-refractivity contribution in [1.29, 1.82) is 0 Å². The third-order valence-corrected chi connectivity index (χ3v) is 3.62. The van der Waals surface area contributed by atoms with Crippen LogP contribution in [0.25, 0.3) is 0 Å². The zero-order valence-corrected chi connectivity index (χ0v) is 12.0. The minimum atomic E-state index is -0.837. The van der Waals surface area contributed by atoms with Gasteiger partial charge in [0, 0.05) is 25.3 Å². The van der Waals surface area contributed by atoms with Crippen LogP contribution in [0, 0.1) is 5.92 Å². The molecule has 1 heterocycles. The summed E-state index contributed by atoms with van der Waals surface area (Å²) in [5.74, 6) is -0.925. The molecule has 1 atom stereocenters. The Bertz CT molecular complexity index is 468. The molecule has 0 saturated carbocycles. The Morgan fingerprint density at radius 2 is 2.05 bits per heavy atom. The van der Waals surface area contributed by atoms with Gasteiger partial charge in [0.2, 0.25) is 5.91 Å². The van der Waals surface area contributed by atoms with Gasteiger partial charge in [0.05, 0.1) is 12.5 Å². The van der Waals surface area contributed by atoms with Crippen LogP contribution < -0.4 is 4.90 Å². The maximum atomic E-state index is 12.7. The summed E-state index contributed by atoms with van der Waals surface area (Å²) in [4.78, 5) is 25.0. The first-order chi connectivity index (χ1) is 10.2. The smallest absolute Gasteiger partial charge is 0.303 e. The van der Waals surface area contributed by atoms with Gasteiger partial charge in [-0.05, 0) is 31.4 Å². The quantitative estimate of drug-likeness (QED) is 0.873. The summed E-state index contributed by atoms with van der Waals surface area (Å²) < 4.78 is 5.39. The van der Waals surface area contributed by atoms with Gasteiger partial charge in [-0.1, -0.05) is 18.2 Å². The van der Waals surface area contributed by atoms with Crippen molar-refractivity contribution in [2.75, 3.05) is 24.7 Å². The van der Waals surface area contributed by atoms with Crippen LogP contribution in [-0.2, 0) is 14.3 Å². The van der Waals surface area contributed by atoms with Crippen LogP contribution in [0.5, 0.6) is 0 Å². The van der Waals surface area contributed by atoms with Crippen molar-refractivity contribution in [3.63, 3.8) is 0 Å². The Labute approximate surface area is 124 Å². The molecule has 1 fully saturated rings. The highest BCUT2D eigenvalue weighted by molar-refractivity contribution is 5.95. The van der Waals surface area contributed by atoms with Crippen molar-refractivity contribution in [3.05, 3.63) is 30.3 Å². The van der Waals surface area contributed by atoms with Gasteiger partial charge in [0.15, 0.2) is 0 Å². The van der Waals surface area contributed by atoms with Crippen LogP contribution in [0.2, 0.25) is 0 Å². The van der Waals surface area contributed by atoms with Gasteiger partial charge >= 0.3 is 5.97 Å². The summed E-state index contributed by atoms with van der Waals surface area (Å²) in [6, 6.07) is 9.41. The number of hydrogen-bond donors (Lipinski definition) is 1. The lowest BCUT2D eigenvalue weighted by Gasteiger charge is -2.29. The predicted octanol–water partition coefficient (Wildman–Crippen LogP) is 2.31. The molecule has 0 bridgehead atoms. The molecule has 1 unspecified atom stereocenters. The molecule has 1 aliphatic rings. The van der Waals surface area contributed by atoms with E-state index in [4.69, 9.17) is 9.84 Å². The largest absolute Gasteiger partial charge is 0.481 e. The van der Waals surface area contributed by atoms with Crippen molar-refractivity contribution in [2.45, 2.75) is 25.7 Å². The normalized spacial score (nSPS) is 18.2. The second-order valence-corrected chi connectivity index (χ2v) is 5.24. The Morgan fingerprint density at radius 3 is 2.67 bits per heavy atom. The molecule has 1 aromatic rings. The number of aliphatic carboxylic acids is 1. The molecule has 5 nitrogen and oxygen atoms in total. The number of amides is 1. The molecular formula is C16H21NO4. The number of carbonyl (C=O) groups is 2. The molecule has 5 heteroatoms. The summed E-state index contributed by atoms with van der Waals surface area (Å²) in [5.41, 5.74) is 0.818. The number of rotatable bonds is 6. The monoisotopic (exact) mass is 291 g/mol. The molecule has 0 radical (unpaired) electrons. The number of para-hydroxylation sites is 1. The second-order valence-electron chi connectivity index (χ2n) is 5.24. The van der Waals surface area contributed by atoms with E-state index in [1.165, 1.54) is 0 Å². The van der Waals surface area contributed by atoms with E-state index >= 15 is 0 Å². The van der Waals surface area contributed by atoms with Crippen LogP contribution in [0.3, 0.4) is 0 Å². The molecule has 114 valence electrons. The van der Waals surface area contributed by atoms with Gasteiger partial charge in [-0.15, -0.1) is 0 Å². The van der Waals surface area contributed by atoms with Crippen LogP contribution >= 0.6 is 0 Å². The maximum Gasteiger partial charge on any atom is 0.303 e. The highest BCUT2D eigenvalue weighted by atomic mass is 16.5. The molecule has 1 saturated heterocycles. The molecule has 2 rings (SSSR count). The molecular weight excluding hydrogens is 270 g/mol. The fraction of sp³-hybridized carbons (Fsp3) is 0.500. The van der Waals surface area contributed by atoms with E-state index in [-0.39, 0.29) is 18.2 Å². The summed E-state index contributed by atoms with van der Waals surface area (Å²) in [6.07, 6.45) is 2.25. The second kappa shape index (κ2) is 7.78. The lowest BCUT2D eigenvalue weighted by Crippen LogP contribution is -2.40. The predicted molar refractivity (Wildman–Crippen MR) is 79.2 cm³/mol. The topological polar surface area (TPSA) is 66.8 Å². The summed E-state index contributed by atoms with van der Waals surface area (Å²) in [6.45, 7) is 1.60. The van der Waals surface area contributed by atoms with Gasteiger partial charge in [-0.2, -0.15) is 0 Å². The maximum absolute atomic E-state index is 12.7. The number of ether oxygens (including phenoxy) is 1. The van der Waals surface area contributed by atoms with Crippen molar-refractivity contribution in [1.82, 2.24) is 0 Å². The van der Waals surface area contributed by atoms with Gasteiger partial charge in [-0.25, -0.2) is 0 Å². The summed E-state index contributed by atoms with van der Waals surface area (Å²) in [7, 11) is 0. The van der Waals surface area contributed by atoms with E-state index in [0.717, 1.165) is 18.5 Å². The van der Waals surface area contributed by atoms with Crippen molar-refractivity contribution < 1.29 is 19.4 Å². The molecule has 0 aliphatic carbocycles. The lowest BCUT2D eigenvalue weighted by atomic mass is 10.00. The number of hydrogen-bond acceptors (Lipinski definition) is 3. The number of nitrogens with zero attached hydrogens (tertiary/aromatic N) is 1. The highest BCUT2D eigenvalue weighted by Crippen LogP contribution is 2.22. The molecule has 0 aromatic heterocycles. The number of carboxylic acids is 1. The van der Waals surface area contributed by atoms with Crippen LogP contribution in [0.4, 0.5) is 5.69 Å². The molecule has 0 spiro atoms. The van der Waals surface area contributed by atoms with Crippen molar-refractivity contribution >= 4 is 17.6 Å². The minimum absolute atomic E-state index is 0.0336. The number of carbonyl (C=O) groups excluding carboxylic acids is 1. The third kappa shape index (κ3) is 4.56. The SMILES string of the molecule is O=C(O)CCCN(C(=O)C1CCCOC1)c1ccccc1. The van der Waals surface area contributed by atoms with Crippen LogP contribution in [-0.4, -0.2) is 36.7 Å². The van der Waals surface area contributed by atoms with Gasteiger partial charge in [0.25, 0.3) is 0 Å². The van der Waals surface area contributed by atoms with Gasteiger partial charge in [-0.3, -0.25) is 9.59 Å². The first-order valence-corrected chi connectivity index (χ1v) is 7.34. The fourth-order valence-corrected chi connectivity index (χ4v) is 2.52. The van der Waals surface area contributed by atoms with E-state index in [0.29, 0.717) is 26.2 Å². The third-order valence-electron chi connectivity index (χ3n) is 3.62. The summed E-state index contributed by atoms with van der Waals surface area (Å²) >= 11 is 0. The molecule has 1 N–H and O–H groups in total. The first kappa shape index (κ1) is 15.5. The van der Waals surface area contributed by atoms with Crippen molar-refractivity contribution in [3.8, 4) is 0 Å². The highest BCUT2D eigenvalue weighted by Gasteiger charge is 2.27. The molecule has 21 heavy (non-hydrogen) atoms. The molecule has 1 aliphatic heterocycles. The first-order valence-electron chi connectivity index (χ1n) is 7.34. The Kier molecular flexibility index (Phi) is 5.75. The Hall–Kier alpha value is -1.88. The van der Waals surface area contributed by atoms with Crippen molar-refractivity contribution in [2.24, 2.45) is 5.92 Å². The fourth-order valence-electron chi connectivity index (χ4n) is 2.52. The average Bonchev–Trinajstić information content (AvgIpc) is 2.52. The number of benzene rings is 1. The van der Waals surface area contributed by atoms with E-state index < -0.39 is 5.97 Å². The number of carboxylic acid groups (broad SMARTS) is 1. The van der Waals surface area contributed by atoms with E-state index in [9.17, 15) is 9.59 Å². The van der Waals surface area contributed by atoms with E-state index in [1.54, 1.807) is 4.90 Å². The number of anilines is 1. The molecule has 1 amide bonds. The average molecular weight is 291 g/mol. The zero-order chi connectivity index (χ0) is 15.1. The van der Waals surface area contributed by atoms with Crippen LogP contribution in [0.15, 0.2) is 30.3 Å². The Balaban J connectivity index is 2.06. The standard InChI is InChI=1S/C16H21NO4/c18-15(19)9-4-10-17(14-7-2-1-3-8-14)16(20)13-6-5-11-21-12-13/h1-3,7-8,13H,4-6,9-12H2,(H,18,19). The lowest BCUT2D eigenvalue weighted by molar-refractivity contribution is -0.137. The summed E-state index contributed by atoms with van der Waals surface area (Å²) in [5, 5.41) is 8.76. The van der Waals surface area contributed by atoms with Gasteiger partial charge < -0.3 is 14.7 Å². The van der Waals surface area contributed by atoms with E-state index in [1.807, 2.05) is 30.3 Å². The van der Waals surface area contributed by atoms with E-state index in [2.05, 4.69) is 0 Å². The van der Waals surface area contributed by atoms with Crippen LogP contribution in [0.1, 0.15) is 25.7 Å².